The highest BCUT2D eigenvalue weighted by molar-refractivity contribution is 5.80. The Labute approximate surface area is 60.3 Å². The minimum atomic E-state index is -0.218. The lowest BCUT2D eigenvalue weighted by Crippen LogP contribution is -2.16. The van der Waals surface area contributed by atoms with Crippen molar-refractivity contribution < 1.29 is 14.3 Å². The number of Topliss-reactive ketones (excluding diaryl/α,β-unsaturated/α-hetero) is 1. The maximum atomic E-state index is 10.7. The van der Waals surface area contributed by atoms with Crippen LogP contribution in [0.5, 0.6) is 0 Å². The van der Waals surface area contributed by atoms with E-state index in [-0.39, 0.29) is 18.0 Å². The Morgan fingerprint density at radius 3 is 2.70 bits per heavy atom. The molecule has 0 saturated carbocycles. The summed E-state index contributed by atoms with van der Waals surface area (Å²) in [6.45, 7) is 2.10. The lowest BCUT2D eigenvalue weighted by Gasteiger charge is -2.02. The molecule has 0 aromatic rings. The number of methoxy groups -OCH3 is 1. The quantitative estimate of drug-likeness (QED) is 0.562. The molecule has 0 aromatic carbocycles. The van der Waals surface area contributed by atoms with E-state index in [1.807, 2.05) is 0 Å². The molecule has 0 aromatic heterocycles. The molecular formula is C7H12O3. The van der Waals surface area contributed by atoms with Gasteiger partial charge in [-0.1, -0.05) is 0 Å². The fraction of sp³-hybridized carbons (Fsp3) is 0.857. The second kappa shape index (κ2) is 3.12. The van der Waals surface area contributed by atoms with Crippen molar-refractivity contribution in [3.8, 4) is 0 Å². The van der Waals surface area contributed by atoms with Crippen molar-refractivity contribution in [2.24, 2.45) is 0 Å². The van der Waals surface area contributed by atoms with E-state index < -0.39 is 0 Å². The summed E-state index contributed by atoms with van der Waals surface area (Å²) in [4.78, 5) is 10.7. The van der Waals surface area contributed by atoms with Gasteiger partial charge in [-0.15, -0.1) is 0 Å². The highest BCUT2D eigenvalue weighted by Crippen LogP contribution is 2.15. The summed E-state index contributed by atoms with van der Waals surface area (Å²) >= 11 is 0. The molecule has 1 aliphatic rings. The highest BCUT2D eigenvalue weighted by Gasteiger charge is 2.27. The van der Waals surface area contributed by atoms with Gasteiger partial charge in [0.2, 0.25) is 0 Å². The molecule has 1 aliphatic heterocycles. The number of ether oxygens (including phenoxy) is 2. The SMILES string of the molecule is COC1COC(C(C)=O)C1. The van der Waals surface area contributed by atoms with Gasteiger partial charge in [-0.2, -0.15) is 0 Å². The van der Waals surface area contributed by atoms with Crippen LogP contribution < -0.4 is 0 Å². The van der Waals surface area contributed by atoms with Gasteiger partial charge in [-0.05, 0) is 6.92 Å². The average Bonchev–Trinajstić information content (AvgIpc) is 2.34. The van der Waals surface area contributed by atoms with Crippen LogP contribution in [-0.2, 0) is 14.3 Å². The third-order valence-electron chi connectivity index (χ3n) is 1.75. The lowest BCUT2D eigenvalue weighted by atomic mass is 10.1. The van der Waals surface area contributed by atoms with Crippen molar-refractivity contribution in [1.82, 2.24) is 0 Å². The van der Waals surface area contributed by atoms with Crippen LogP contribution in [0.25, 0.3) is 0 Å². The molecule has 10 heavy (non-hydrogen) atoms. The normalized spacial score (nSPS) is 32.6. The van der Waals surface area contributed by atoms with Crippen molar-refractivity contribution >= 4 is 5.78 Å². The van der Waals surface area contributed by atoms with E-state index in [2.05, 4.69) is 0 Å². The number of ketones is 1. The molecule has 3 heteroatoms. The first-order valence-electron chi connectivity index (χ1n) is 3.39. The van der Waals surface area contributed by atoms with Crippen molar-refractivity contribution in [3.63, 3.8) is 0 Å². The molecule has 0 bridgehead atoms. The number of carbonyl (C=O) groups is 1. The van der Waals surface area contributed by atoms with Crippen molar-refractivity contribution in [3.05, 3.63) is 0 Å². The molecule has 0 spiro atoms. The number of rotatable bonds is 2. The summed E-state index contributed by atoms with van der Waals surface area (Å²) in [5, 5.41) is 0. The van der Waals surface area contributed by atoms with Gasteiger partial charge in [-0.3, -0.25) is 4.79 Å². The van der Waals surface area contributed by atoms with E-state index in [1.54, 1.807) is 14.0 Å². The molecule has 0 radical (unpaired) electrons. The third kappa shape index (κ3) is 1.55. The average molecular weight is 144 g/mol. The van der Waals surface area contributed by atoms with Crippen LogP contribution in [0.3, 0.4) is 0 Å². The molecule has 1 rings (SSSR count). The molecule has 2 atom stereocenters. The predicted octanol–water partition coefficient (Wildman–Crippen LogP) is 0.379. The summed E-state index contributed by atoms with van der Waals surface area (Å²) in [7, 11) is 1.64. The largest absolute Gasteiger partial charge is 0.379 e. The lowest BCUT2D eigenvalue weighted by molar-refractivity contribution is -0.125. The molecule has 1 saturated heterocycles. The zero-order chi connectivity index (χ0) is 7.56. The van der Waals surface area contributed by atoms with Gasteiger partial charge in [0.25, 0.3) is 0 Å². The molecule has 58 valence electrons. The van der Waals surface area contributed by atoms with Gasteiger partial charge in [0.1, 0.15) is 6.10 Å². The molecule has 1 fully saturated rings. The summed E-state index contributed by atoms with van der Waals surface area (Å²) in [5.74, 6) is 0.0968. The van der Waals surface area contributed by atoms with Crippen LogP contribution in [0, 0.1) is 0 Å². The Balaban J connectivity index is 2.35. The van der Waals surface area contributed by atoms with E-state index in [0.717, 1.165) is 0 Å². The molecule has 0 aliphatic carbocycles. The second-order valence-electron chi connectivity index (χ2n) is 2.53. The van der Waals surface area contributed by atoms with E-state index in [1.165, 1.54) is 0 Å². The first-order chi connectivity index (χ1) is 4.74. The monoisotopic (exact) mass is 144 g/mol. The molecular weight excluding hydrogens is 132 g/mol. The van der Waals surface area contributed by atoms with Crippen LogP contribution in [0.4, 0.5) is 0 Å². The molecule has 3 nitrogen and oxygen atoms in total. The van der Waals surface area contributed by atoms with E-state index >= 15 is 0 Å². The minimum absolute atomic E-state index is 0.0968. The topological polar surface area (TPSA) is 35.5 Å². The maximum absolute atomic E-state index is 10.7. The molecule has 0 amide bonds. The summed E-state index contributed by atoms with van der Waals surface area (Å²) in [6.07, 6.45) is 0.616. The van der Waals surface area contributed by atoms with Gasteiger partial charge in [-0.25, -0.2) is 0 Å². The third-order valence-corrected chi connectivity index (χ3v) is 1.75. The van der Waals surface area contributed by atoms with Gasteiger partial charge in [0, 0.05) is 13.5 Å². The standard InChI is InChI=1S/C7H12O3/c1-5(8)7-3-6(9-2)4-10-7/h6-7H,3-4H2,1-2H3. The summed E-state index contributed by atoms with van der Waals surface area (Å²) in [5.41, 5.74) is 0. The zero-order valence-corrected chi connectivity index (χ0v) is 6.29. The zero-order valence-electron chi connectivity index (χ0n) is 6.29. The first-order valence-corrected chi connectivity index (χ1v) is 3.39. The van der Waals surface area contributed by atoms with Crippen LogP contribution in [0.1, 0.15) is 13.3 Å². The fourth-order valence-corrected chi connectivity index (χ4v) is 1.05. The minimum Gasteiger partial charge on any atom is -0.379 e. The van der Waals surface area contributed by atoms with E-state index in [4.69, 9.17) is 9.47 Å². The van der Waals surface area contributed by atoms with Gasteiger partial charge < -0.3 is 9.47 Å². The number of hydrogen-bond donors (Lipinski definition) is 0. The predicted molar refractivity (Wildman–Crippen MR) is 35.8 cm³/mol. The van der Waals surface area contributed by atoms with Crippen molar-refractivity contribution in [2.75, 3.05) is 13.7 Å². The highest BCUT2D eigenvalue weighted by atomic mass is 16.5. The first kappa shape index (κ1) is 7.69. The Hall–Kier alpha value is -0.410. The van der Waals surface area contributed by atoms with Gasteiger partial charge >= 0.3 is 0 Å². The summed E-state index contributed by atoms with van der Waals surface area (Å²) in [6, 6.07) is 0. The smallest absolute Gasteiger partial charge is 0.158 e. The van der Waals surface area contributed by atoms with E-state index in [9.17, 15) is 4.79 Å². The van der Waals surface area contributed by atoms with Crippen LogP contribution >= 0.6 is 0 Å². The van der Waals surface area contributed by atoms with Crippen LogP contribution in [0.2, 0.25) is 0 Å². The van der Waals surface area contributed by atoms with Crippen molar-refractivity contribution in [2.45, 2.75) is 25.6 Å². The second-order valence-corrected chi connectivity index (χ2v) is 2.53. The van der Waals surface area contributed by atoms with Gasteiger partial charge in [0.05, 0.1) is 12.7 Å². The van der Waals surface area contributed by atoms with Gasteiger partial charge in [0.15, 0.2) is 5.78 Å². The van der Waals surface area contributed by atoms with Crippen LogP contribution in [-0.4, -0.2) is 31.7 Å². The maximum Gasteiger partial charge on any atom is 0.158 e. The number of carbonyl (C=O) groups excluding carboxylic acids is 1. The molecule has 1 heterocycles. The molecule has 0 N–H and O–H groups in total. The Morgan fingerprint density at radius 1 is 1.70 bits per heavy atom. The van der Waals surface area contributed by atoms with Crippen LogP contribution in [0.15, 0.2) is 0 Å². The molecule has 2 unspecified atom stereocenters. The van der Waals surface area contributed by atoms with Crippen molar-refractivity contribution in [1.29, 1.82) is 0 Å². The van der Waals surface area contributed by atoms with E-state index in [0.29, 0.717) is 13.0 Å². The Bertz CT molecular complexity index is 133. The number of hydrogen-bond acceptors (Lipinski definition) is 3. The Morgan fingerprint density at radius 2 is 2.40 bits per heavy atom. The Kier molecular flexibility index (Phi) is 2.40. The fourth-order valence-electron chi connectivity index (χ4n) is 1.05. The summed E-state index contributed by atoms with van der Waals surface area (Å²) < 4.78 is 10.2.